The lowest BCUT2D eigenvalue weighted by atomic mass is 10.0. The molecule has 0 radical (unpaired) electrons. The zero-order valence-corrected chi connectivity index (χ0v) is 19.7. The van der Waals surface area contributed by atoms with E-state index < -0.39 is 29.2 Å². The predicted octanol–water partition coefficient (Wildman–Crippen LogP) is -0.0567. The van der Waals surface area contributed by atoms with Crippen molar-refractivity contribution in [2.75, 3.05) is 18.6 Å². The highest BCUT2D eigenvalue weighted by Crippen LogP contribution is 2.40. The fourth-order valence-corrected chi connectivity index (χ4v) is 6.00. The average Bonchev–Trinajstić information content (AvgIpc) is 3.48. The third-order valence-corrected chi connectivity index (χ3v) is 7.55. The van der Waals surface area contributed by atoms with Crippen molar-refractivity contribution in [2.45, 2.75) is 18.0 Å². The molecule has 13 nitrogen and oxygen atoms in total. The summed E-state index contributed by atoms with van der Waals surface area (Å²) in [5.41, 5.74) is 5.59. The number of pyridine rings is 1. The van der Waals surface area contributed by atoms with E-state index in [4.69, 9.17) is 5.73 Å². The lowest BCUT2D eigenvalue weighted by molar-refractivity contribution is -0.687. The standard InChI is InChI=1S/C20H17N7O6S2/c1-32-24-12(15-23-20(21)33-25-15)16(28)22-13-17(29)27-14(19(30)31)11(8-35-18(13)27)5-26-3-2-9-6-34-7-10(9)4-26/h2-4,6-7,13,18H,5,8H2,1H3,(H3-,21,22,23,25,28,30,31)/p+1/b24-12+. The molecule has 0 aromatic carbocycles. The fraction of sp³-hybridized carbons (Fsp3) is 0.250. The van der Waals surface area contributed by atoms with Crippen LogP contribution in [-0.4, -0.2) is 67.9 Å². The summed E-state index contributed by atoms with van der Waals surface area (Å²) in [5.74, 6) is -2.39. The SMILES string of the molecule is CO/N=C(/C(=O)NC1C(=O)N2C(C(=O)O)=C(C[n+]3ccc4cscc4c3)CSC12)c1noc(N)n1. The van der Waals surface area contributed by atoms with E-state index in [9.17, 15) is 19.5 Å². The minimum absolute atomic E-state index is 0.0705. The Labute approximate surface area is 205 Å². The number of carboxylic acids is 1. The summed E-state index contributed by atoms with van der Waals surface area (Å²) in [6.07, 6.45) is 3.82. The number of thioether (sulfide) groups is 1. The van der Waals surface area contributed by atoms with Crippen LogP contribution < -0.4 is 15.6 Å². The number of aliphatic carboxylic acids is 1. The van der Waals surface area contributed by atoms with Gasteiger partial charge in [0.25, 0.3) is 11.8 Å². The maximum Gasteiger partial charge on any atom is 0.352 e. The molecule has 5 rings (SSSR count). The molecular weight excluding hydrogens is 498 g/mol. The number of thiophene rings is 1. The summed E-state index contributed by atoms with van der Waals surface area (Å²) < 4.78 is 6.55. The number of nitrogen functional groups attached to an aromatic ring is 1. The van der Waals surface area contributed by atoms with Gasteiger partial charge in [0.05, 0.1) is 5.39 Å². The first-order chi connectivity index (χ1) is 16.9. The number of hydrogen-bond donors (Lipinski definition) is 3. The van der Waals surface area contributed by atoms with Gasteiger partial charge in [0.1, 0.15) is 24.2 Å². The smallest absolute Gasteiger partial charge is 0.352 e. The lowest BCUT2D eigenvalue weighted by Gasteiger charge is -2.49. The second-order valence-corrected chi connectivity index (χ2v) is 9.45. The third-order valence-electron chi connectivity index (χ3n) is 5.43. The molecular formula is C20H18N7O6S2+. The summed E-state index contributed by atoms with van der Waals surface area (Å²) in [6.45, 7) is 0.317. The molecule has 2 amide bonds. The van der Waals surface area contributed by atoms with Crippen LogP contribution in [0.1, 0.15) is 5.82 Å². The van der Waals surface area contributed by atoms with Crippen molar-refractivity contribution in [3.63, 3.8) is 0 Å². The predicted molar refractivity (Wildman–Crippen MR) is 124 cm³/mol. The van der Waals surface area contributed by atoms with Crippen LogP contribution in [0.4, 0.5) is 6.01 Å². The van der Waals surface area contributed by atoms with Gasteiger partial charge < -0.3 is 25.5 Å². The number of carboxylic acid groups (broad SMARTS) is 1. The van der Waals surface area contributed by atoms with Crippen LogP contribution in [0, 0.1) is 0 Å². The molecule has 15 heteroatoms. The van der Waals surface area contributed by atoms with Gasteiger partial charge in [-0.25, -0.2) is 9.36 Å². The van der Waals surface area contributed by atoms with E-state index >= 15 is 0 Å². The highest BCUT2D eigenvalue weighted by Gasteiger charge is 2.55. The molecule has 0 saturated carbocycles. The number of hydrogen-bond acceptors (Lipinski definition) is 11. The van der Waals surface area contributed by atoms with E-state index in [1.165, 1.54) is 23.8 Å². The number of amides is 2. The Morgan fingerprint density at radius 2 is 2.23 bits per heavy atom. The van der Waals surface area contributed by atoms with Crippen molar-refractivity contribution in [1.29, 1.82) is 0 Å². The van der Waals surface area contributed by atoms with Crippen LogP contribution in [0.5, 0.6) is 0 Å². The highest BCUT2D eigenvalue weighted by atomic mass is 32.2. The molecule has 0 bridgehead atoms. The molecule has 1 saturated heterocycles. The molecule has 1 fully saturated rings. The molecule has 2 atom stereocenters. The average molecular weight is 517 g/mol. The number of nitrogens with one attached hydrogen (secondary N) is 1. The molecule has 180 valence electrons. The van der Waals surface area contributed by atoms with Crippen LogP contribution >= 0.6 is 23.1 Å². The Balaban J connectivity index is 1.36. The highest BCUT2D eigenvalue weighted by molar-refractivity contribution is 8.00. The summed E-state index contributed by atoms with van der Waals surface area (Å²) in [7, 11) is 1.23. The molecule has 0 spiro atoms. The van der Waals surface area contributed by atoms with Crippen LogP contribution in [-0.2, 0) is 25.8 Å². The van der Waals surface area contributed by atoms with Crippen molar-refractivity contribution >= 4 is 63.4 Å². The van der Waals surface area contributed by atoms with Crippen molar-refractivity contribution in [1.82, 2.24) is 20.4 Å². The summed E-state index contributed by atoms with van der Waals surface area (Å²) in [4.78, 5) is 47.5. The molecule has 2 aliphatic heterocycles. The van der Waals surface area contributed by atoms with Crippen molar-refractivity contribution < 1.29 is 33.4 Å². The lowest BCUT2D eigenvalue weighted by Crippen LogP contribution is -2.71. The van der Waals surface area contributed by atoms with Crippen LogP contribution in [0.2, 0.25) is 0 Å². The topological polar surface area (TPSA) is 177 Å². The second kappa shape index (κ2) is 8.99. The number of nitrogens with zero attached hydrogens (tertiary/aromatic N) is 5. The Hall–Kier alpha value is -3.98. The van der Waals surface area contributed by atoms with Crippen molar-refractivity contribution in [3.8, 4) is 0 Å². The molecule has 35 heavy (non-hydrogen) atoms. The fourth-order valence-electron chi connectivity index (χ4n) is 3.89. The van der Waals surface area contributed by atoms with E-state index in [2.05, 4.69) is 30.0 Å². The van der Waals surface area contributed by atoms with Gasteiger partial charge in [-0.15, -0.1) is 11.8 Å². The Kier molecular flexibility index (Phi) is 5.86. The number of β-lactam (4-membered cyclic amide) rings is 1. The quantitative estimate of drug-likeness (QED) is 0.167. The molecule has 2 unspecified atom stereocenters. The number of aromatic nitrogens is 3. The molecule has 3 aromatic rings. The first kappa shape index (κ1) is 22.8. The number of nitrogens with two attached hydrogens (primary N) is 1. The molecule has 3 aromatic heterocycles. The van der Waals surface area contributed by atoms with Gasteiger partial charge in [0, 0.05) is 28.2 Å². The van der Waals surface area contributed by atoms with Gasteiger partial charge in [-0.3, -0.25) is 14.5 Å². The normalized spacial score (nSPS) is 20.0. The van der Waals surface area contributed by atoms with Gasteiger partial charge in [0.15, 0.2) is 18.9 Å². The van der Waals surface area contributed by atoms with Gasteiger partial charge in [0.2, 0.25) is 11.5 Å². The van der Waals surface area contributed by atoms with Crippen LogP contribution in [0.25, 0.3) is 10.8 Å². The minimum atomic E-state index is -1.20. The summed E-state index contributed by atoms with van der Waals surface area (Å²) in [6, 6.07) is 0.720. The van der Waals surface area contributed by atoms with E-state index in [0.29, 0.717) is 17.9 Å². The molecule has 5 heterocycles. The van der Waals surface area contributed by atoms with E-state index in [0.717, 1.165) is 10.8 Å². The number of oxime groups is 1. The van der Waals surface area contributed by atoms with Gasteiger partial charge in [-0.1, -0.05) is 10.3 Å². The Morgan fingerprint density at radius 1 is 1.43 bits per heavy atom. The second-order valence-electron chi connectivity index (χ2n) is 7.60. The Bertz CT molecular complexity index is 1410. The van der Waals surface area contributed by atoms with E-state index in [1.807, 2.05) is 33.8 Å². The monoisotopic (exact) mass is 516 g/mol. The number of carbonyl (C=O) groups is 3. The summed E-state index contributed by atoms with van der Waals surface area (Å²) in [5, 5.41) is 25.2. The van der Waals surface area contributed by atoms with Gasteiger partial charge in [-0.05, 0) is 5.38 Å². The number of carbonyl (C=O) groups excluding carboxylic acids is 2. The maximum atomic E-state index is 13.0. The van der Waals surface area contributed by atoms with Crippen molar-refractivity contribution in [2.24, 2.45) is 5.16 Å². The largest absolute Gasteiger partial charge is 0.477 e. The Morgan fingerprint density at radius 3 is 2.94 bits per heavy atom. The zero-order chi connectivity index (χ0) is 24.7. The molecule has 0 aliphatic carbocycles. The first-order valence-electron chi connectivity index (χ1n) is 10.1. The first-order valence-corrected chi connectivity index (χ1v) is 12.1. The van der Waals surface area contributed by atoms with E-state index in [1.54, 1.807) is 11.3 Å². The number of rotatable bonds is 7. The summed E-state index contributed by atoms with van der Waals surface area (Å²) >= 11 is 2.95. The van der Waals surface area contributed by atoms with Gasteiger partial charge >= 0.3 is 12.0 Å². The zero-order valence-electron chi connectivity index (χ0n) is 18.1. The van der Waals surface area contributed by atoms with Crippen molar-refractivity contribution in [3.05, 3.63) is 46.3 Å². The minimum Gasteiger partial charge on any atom is -0.477 e. The van der Waals surface area contributed by atoms with Crippen LogP contribution in [0.3, 0.4) is 0 Å². The molecule has 4 N–H and O–H groups in total. The van der Waals surface area contributed by atoms with Crippen LogP contribution in [0.15, 0.2) is 50.2 Å². The number of anilines is 1. The molecule has 2 aliphatic rings. The number of fused-ring (bicyclic) bond motifs is 2. The maximum absolute atomic E-state index is 13.0. The van der Waals surface area contributed by atoms with Gasteiger partial charge in [-0.2, -0.15) is 16.3 Å². The third kappa shape index (κ3) is 4.08. The van der Waals surface area contributed by atoms with E-state index in [-0.39, 0.29) is 23.2 Å².